The van der Waals surface area contributed by atoms with E-state index in [4.69, 9.17) is 10.7 Å². The zero-order chi connectivity index (χ0) is 26.9. The Morgan fingerprint density at radius 1 is 1.13 bits per heavy atom. The second-order valence-electron chi connectivity index (χ2n) is 9.21. The minimum atomic E-state index is -0.323. The highest BCUT2D eigenvalue weighted by molar-refractivity contribution is 5.99. The first kappa shape index (κ1) is 26.8. The molecule has 8 nitrogen and oxygen atoms in total. The number of piperidine rings is 1. The molecule has 1 aliphatic rings. The second-order valence-corrected chi connectivity index (χ2v) is 9.21. The number of carbonyl (C=O) groups excluding carboxylic acids is 2. The number of benzene rings is 2. The number of nitriles is 1. The molecule has 4 rings (SSSR count). The Balaban J connectivity index is 1.55. The van der Waals surface area contributed by atoms with E-state index in [0.717, 1.165) is 24.8 Å². The van der Waals surface area contributed by atoms with Crippen LogP contribution in [0.4, 0.5) is 10.2 Å². The summed E-state index contributed by atoms with van der Waals surface area (Å²) >= 11 is 0. The lowest BCUT2D eigenvalue weighted by Crippen LogP contribution is -2.51. The fraction of sp³-hybridized carbons (Fsp3) is 0.310. The third-order valence-corrected chi connectivity index (χ3v) is 6.68. The first-order valence-corrected chi connectivity index (χ1v) is 12.8. The molecule has 1 saturated heterocycles. The predicted octanol–water partition coefficient (Wildman–Crippen LogP) is 3.48. The number of amides is 2. The molecule has 9 heteroatoms. The maximum Gasteiger partial charge on any atom is 0.255 e. The van der Waals surface area contributed by atoms with Crippen LogP contribution in [0.15, 0.2) is 60.7 Å². The van der Waals surface area contributed by atoms with E-state index < -0.39 is 0 Å². The summed E-state index contributed by atoms with van der Waals surface area (Å²) < 4.78 is 13.6. The van der Waals surface area contributed by atoms with Gasteiger partial charge in [-0.05, 0) is 61.6 Å². The summed E-state index contributed by atoms with van der Waals surface area (Å²) in [5.41, 5.74) is 8.43. The van der Waals surface area contributed by atoms with Crippen molar-refractivity contribution in [3.8, 4) is 17.3 Å². The van der Waals surface area contributed by atoms with Gasteiger partial charge < -0.3 is 21.3 Å². The molecule has 0 unspecified atom stereocenters. The Hall–Kier alpha value is -4.29. The zero-order valence-electron chi connectivity index (χ0n) is 21.1. The van der Waals surface area contributed by atoms with Crippen molar-refractivity contribution in [3.63, 3.8) is 0 Å². The lowest BCUT2D eigenvalue weighted by molar-refractivity contribution is -0.133. The van der Waals surface area contributed by atoms with Crippen LogP contribution in [0.2, 0.25) is 0 Å². The number of pyridine rings is 1. The van der Waals surface area contributed by atoms with Gasteiger partial charge in [-0.2, -0.15) is 5.26 Å². The fourth-order valence-corrected chi connectivity index (χ4v) is 4.71. The van der Waals surface area contributed by atoms with Gasteiger partial charge in [0.05, 0.1) is 29.4 Å². The number of nitrogens with two attached hydrogens (primary N) is 1. The van der Waals surface area contributed by atoms with E-state index in [1.165, 1.54) is 12.1 Å². The van der Waals surface area contributed by atoms with Gasteiger partial charge in [0, 0.05) is 31.2 Å². The molecule has 38 heavy (non-hydrogen) atoms. The van der Waals surface area contributed by atoms with E-state index in [1.54, 1.807) is 35.2 Å². The van der Waals surface area contributed by atoms with Gasteiger partial charge in [0.25, 0.3) is 5.91 Å². The van der Waals surface area contributed by atoms with E-state index in [9.17, 15) is 19.2 Å². The van der Waals surface area contributed by atoms with Gasteiger partial charge in [-0.15, -0.1) is 0 Å². The van der Waals surface area contributed by atoms with Gasteiger partial charge in [-0.1, -0.05) is 30.3 Å². The van der Waals surface area contributed by atoms with Crippen molar-refractivity contribution >= 4 is 17.6 Å². The van der Waals surface area contributed by atoms with Crippen LogP contribution in [-0.4, -0.2) is 53.9 Å². The highest BCUT2D eigenvalue weighted by atomic mass is 19.1. The van der Waals surface area contributed by atoms with Gasteiger partial charge in [0.15, 0.2) is 0 Å². The molecular formula is C29H31FN6O2. The van der Waals surface area contributed by atoms with Crippen LogP contribution in [0.3, 0.4) is 0 Å². The standard InChI is InChI=1S/C29H31FN6O2/c30-22-8-5-6-20(16-22)13-14-33-28-25(11-12-26(35-28)24-10-2-1-7-21(24)17-31)29(38)34-19-23-9-3-4-15-36(23)27(37)18-32/h1-2,5-8,10-12,16,23H,3-4,9,13-15,18-19,32H2,(H,33,35)(H,34,38)/t23-/m1/s1. The molecule has 2 amide bonds. The molecule has 196 valence electrons. The van der Waals surface area contributed by atoms with Crippen LogP contribution in [-0.2, 0) is 11.2 Å². The molecular weight excluding hydrogens is 483 g/mol. The summed E-state index contributed by atoms with van der Waals surface area (Å²) in [7, 11) is 0. The largest absolute Gasteiger partial charge is 0.369 e. The van der Waals surface area contributed by atoms with Crippen LogP contribution < -0.4 is 16.4 Å². The van der Waals surface area contributed by atoms with E-state index in [0.29, 0.717) is 54.3 Å². The fourth-order valence-electron chi connectivity index (χ4n) is 4.71. The van der Waals surface area contributed by atoms with Gasteiger partial charge in [0.2, 0.25) is 5.91 Å². The minimum absolute atomic E-state index is 0.0562. The summed E-state index contributed by atoms with van der Waals surface area (Å²) in [4.78, 5) is 32.0. The monoisotopic (exact) mass is 514 g/mol. The van der Waals surface area contributed by atoms with Crippen molar-refractivity contribution in [1.29, 1.82) is 5.26 Å². The molecule has 1 fully saturated rings. The third kappa shape index (κ3) is 6.52. The molecule has 1 aromatic heterocycles. The van der Waals surface area contributed by atoms with Crippen LogP contribution in [0.1, 0.15) is 40.7 Å². The van der Waals surface area contributed by atoms with Gasteiger partial charge in [-0.25, -0.2) is 9.37 Å². The molecule has 1 aliphatic heterocycles. The number of nitrogens with one attached hydrogen (secondary N) is 2. The van der Waals surface area contributed by atoms with Gasteiger partial charge in [0.1, 0.15) is 11.6 Å². The molecule has 3 aromatic rings. The van der Waals surface area contributed by atoms with Gasteiger partial charge >= 0.3 is 0 Å². The normalized spacial score (nSPS) is 15.0. The average Bonchev–Trinajstić information content (AvgIpc) is 2.95. The van der Waals surface area contributed by atoms with Crippen LogP contribution in [0.5, 0.6) is 0 Å². The summed E-state index contributed by atoms with van der Waals surface area (Å²) in [6.45, 7) is 1.31. The summed E-state index contributed by atoms with van der Waals surface area (Å²) in [6.07, 6.45) is 3.23. The number of anilines is 1. The number of aromatic nitrogens is 1. The smallest absolute Gasteiger partial charge is 0.255 e. The van der Waals surface area contributed by atoms with Crippen molar-refractivity contribution in [1.82, 2.24) is 15.2 Å². The molecule has 4 N–H and O–H groups in total. The van der Waals surface area contributed by atoms with Crippen molar-refractivity contribution < 1.29 is 14.0 Å². The summed E-state index contributed by atoms with van der Waals surface area (Å²) in [5.74, 6) is -0.384. The Kier molecular flexibility index (Phi) is 9.01. The Morgan fingerprint density at radius 2 is 1.97 bits per heavy atom. The number of carbonyl (C=O) groups is 2. The Bertz CT molecular complexity index is 1340. The minimum Gasteiger partial charge on any atom is -0.369 e. The molecule has 1 atom stereocenters. The third-order valence-electron chi connectivity index (χ3n) is 6.68. The van der Waals surface area contributed by atoms with Gasteiger partial charge in [-0.3, -0.25) is 9.59 Å². The number of hydrogen-bond acceptors (Lipinski definition) is 6. The van der Waals surface area contributed by atoms with Crippen LogP contribution >= 0.6 is 0 Å². The first-order chi connectivity index (χ1) is 18.5. The van der Waals surface area contributed by atoms with Crippen LogP contribution in [0.25, 0.3) is 11.3 Å². The van der Waals surface area contributed by atoms with E-state index in [1.807, 2.05) is 18.2 Å². The average molecular weight is 515 g/mol. The molecule has 0 radical (unpaired) electrons. The maximum absolute atomic E-state index is 13.6. The number of hydrogen-bond donors (Lipinski definition) is 3. The molecule has 0 saturated carbocycles. The summed E-state index contributed by atoms with van der Waals surface area (Å²) in [5, 5.41) is 15.7. The van der Waals surface area contributed by atoms with Crippen molar-refractivity contribution in [3.05, 3.63) is 83.2 Å². The quantitative estimate of drug-likeness (QED) is 0.402. The van der Waals surface area contributed by atoms with E-state index in [-0.39, 0.29) is 30.2 Å². The highest BCUT2D eigenvalue weighted by Gasteiger charge is 2.26. The first-order valence-electron chi connectivity index (χ1n) is 12.8. The van der Waals surface area contributed by atoms with Crippen molar-refractivity contribution in [2.24, 2.45) is 5.73 Å². The van der Waals surface area contributed by atoms with Crippen LogP contribution in [0, 0.1) is 17.1 Å². The Labute approximate surface area is 221 Å². The lowest BCUT2D eigenvalue weighted by atomic mass is 10.0. The second kappa shape index (κ2) is 12.8. The number of nitrogens with zero attached hydrogens (tertiary/aromatic N) is 3. The van der Waals surface area contributed by atoms with Crippen molar-refractivity contribution in [2.75, 3.05) is 31.5 Å². The topological polar surface area (TPSA) is 124 Å². The predicted molar refractivity (Wildman–Crippen MR) is 144 cm³/mol. The molecule has 0 aliphatic carbocycles. The summed E-state index contributed by atoms with van der Waals surface area (Å²) in [6, 6.07) is 19.0. The number of likely N-dealkylation sites (tertiary alicyclic amines) is 1. The number of rotatable bonds is 9. The molecule has 0 bridgehead atoms. The van der Waals surface area contributed by atoms with Crippen molar-refractivity contribution in [2.45, 2.75) is 31.7 Å². The zero-order valence-corrected chi connectivity index (χ0v) is 21.1. The van der Waals surface area contributed by atoms with E-state index in [2.05, 4.69) is 16.7 Å². The molecule has 2 heterocycles. The SMILES string of the molecule is N#Cc1ccccc1-c1ccc(C(=O)NC[C@H]2CCCCN2C(=O)CN)c(NCCc2cccc(F)c2)n1. The Morgan fingerprint density at radius 3 is 2.76 bits per heavy atom. The highest BCUT2D eigenvalue weighted by Crippen LogP contribution is 2.25. The maximum atomic E-state index is 13.6. The molecule has 2 aromatic carbocycles. The number of halogens is 1. The molecule has 0 spiro atoms. The van der Waals surface area contributed by atoms with E-state index >= 15 is 0 Å². The lowest BCUT2D eigenvalue weighted by Gasteiger charge is -2.35.